The van der Waals surface area contributed by atoms with Crippen LogP contribution in [0.3, 0.4) is 0 Å². The predicted octanol–water partition coefficient (Wildman–Crippen LogP) is 2.85. The van der Waals surface area contributed by atoms with E-state index in [1.807, 2.05) is 33.8 Å². The summed E-state index contributed by atoms with van der Waals surface area (Å²) in [5.41, 5.74) is 0.992. The third-order valence-electron chi connectivity index (χ3n) is 3.18. The molecule has 0 spiro atoms. The van der Waals surface area contributed by atoms with Gasteiger partial charge in [0.05, 0.1) is 7.11 Å². The average Bonchev–Trinajstić information content (AvgIpc) is 2.38. The van der Waals surface area contributed by atoms with Crippen LogP contribution in [0.15, 0.2) is 23.1 Å². The Bertz CT molecular complexity index is 519. The van der Waals surface area contributed by atoms with Crippen molar-refractivity contribution in [3.05, 3.63) is 23.8 Å². The van der Waals surface area contributed by atoms with E-state index in [2.05, 4.69) is 0 Å². The van der Waals surface area contributed by atoms with Crippen LogP contribution in [0, 0.1) is 0 Å². The van der Waals surface area contributed by atoms with Gasteiger partial charge in [-0.05, 0) is 23.6 Å². The van der Waals surface area contributed by atoms with Crippen molar-refractivity contribution in [3.8, 4) is 5.75 Å². The van der Waals surface area contributed by atoms with Gasteiger partial charge in [-0.15, -0.1) is 0 Å². The lowest BCUT2D eigenvalue weighted by atomic mass is 10.0. The molecule has 1 aromatic carbocycles. The zero-order valence-corrected chi connectivity index (χ0v) is 13.1. The Morgan fingerprint density at radius 1 is 1.21 bits per heavy atom. The SMILES string of the molecule is CCN(CC)S(=O)(=O)c1cc(C(C)C)ccc1OC. The maximum Gasteiger partial charge on any atom is 0.246 e. The molecule has 0 aromatic heterocycles. The maximum absolute atomic E-state index is 12.6. The molecule has 0 radical (unpaired) electrons. The normalized spacial score (nSPS) is 12.2. The van der Waals surface area contributed by atoms with Crippen molar-refractivity contribution < 1.29 is 13.2 Å². The second kappa shape index (κ2) is 6.39. The molecule has 0 atom stereocenters. The molecular formula is C14H23NO3S. The van der Waals surface area contributed by atoms with Gasteiger partial charge in [-0.25, -0.2) is 8.42 Å². The van der Waals surface area contributed by atoms with Crippen molar-refractivity contribution in [2.24, 2.45) is 0 Å². The molecule has 1 rings (SSSR count). The number of benzene rings is 1. The predicted molar refractivity (Wildman–Crippen MR) is 77.2 cm³/mol. The summed E-state index contributed by atoms with van der Waals surface area (Å²) < 4.78 is 31.8. The first-order chi connectivity index (χ1) is 8.88. The molecule has 5 heteroatoms. The smallest absolute Gasteiger partial charge is 0.246 e. The zero-order valence-electron chi connectivity index (χ0n) is 12.3. The zero-order chi connectivity index (χ0) is 14.6. The largest absolute Gasteiger partial charge is 0.495 e. The highest BCUT2D eigenvalue weighted by molar-refractivity contribution is 7.89. The van der Waals surface area contributed by atoms with Crippen LogP contribution in [-0.2, 0) is 10.0 Å². The van der Waals surface area contributed by atoms with Crippen LogP contribution in [0.2, 0.25) is 0 Å². The number of methoxy groups -OCH3 is 1. The van der Waals surface area contributed by atoms with Crippen LogP contribution in [0.1, 0.15) is 39.2 Å². The maximum atomic E-state index is 12.6. The van der Waals surface area contributed by atoms with E-state index in [1.54, 1.807) is 12.1 Å². The minimum Gasteiger partial charge on any atom is -0.495 e. The van der Waals surface area contributed by atoms with E-state index in [-0.39, 0.29) is 10.8 Å². The molecule has 0 saturated carbocycles. The number of sulfonamides is 1. The van der Waals surface area contributed by atoms with Gasteiger partial charge in [0, 0.05) is 13.1 Å². The Morgan fingerprint density at radius 3 is 2.21 bits per heavy atom. The summed E-state index contributed by atoms with van der Waals surface area (Å²) in [5, 5.41) is 0. The molecule has 0 heterocycles. The highest BCUT2D eigenvalue weighted by Crippen LogP contribution is 2.30. The fraction of sp³-hybridized carbons (Fsp3) is 0.571. The molecule has 19 heavy (non-hydrogen) atoms. The quantitative estimate of drug-likeness (QED) is 0.807. The molecule has 0 aliphatic heterocycles. The van der Waals surface area contributed by atoms with Crippen LogP contribution in [0.5, 0.6) is 5.75 Å². The third kappa shape index (κ3) is 3.28. The van der Waals surface area contributed by atoms with Gasteiger partial charge in [0.2, 0.25) is 10.0 Å². The van der Waals surface area contributed by atoms with Crippen molar-refractivity contribution in [1.82, 2.24) is 4.31 Å². The first-order valence-corrected chi connectivity index (χ1v) is 8.00. The number of ether oxygens (including phenoxy) is 1. The lowest BCUT2D eigenvalue weighted by Gasteiger charge is -2.21. The van der Waals surface area contributed by atoms with Gasteiger partial charge in [0.25, 0.3) is 0 Å². The Labute approximate surface area is 116 Å². The number of hydrogen-bond donors (Lipinski definition) is 0. The van der Waals surface area contributed by atoms with E-state index in [1.165, 1.54) is 11.4 Å². The number of nitrogens with zero attached hydrogens (tertiary/aromatic N) is 1. The standard InChI is InChI=1S/C14H23NO3S/c1-6-15(7-2)19(16,17)14-10-12(11(3)4)8-9-13(14)18-5/h8-11H,6-7H2,1-5H3. The first kappa shape index (κ1) is 16.0. The molecule has 0 fully saturated rings. The average molecular weight is 285 g/mol. The van der Waals surface area contributed by atoms with Crippen molar-refractivity contribution in [1.29, 1.82) is 0 Å². The molecular weight excluding hydrogens is 262 g/mol. The van der Waals surface area contributed by atoms with Crippen LogP contribution in [0.4, 0.5) is 0 Å². The summed E-state index contributed by atoms with van der Waals surface area (Å²) in [6, 6.07) is 5.35. The van der Waals surface area contributed by atoms with E-state index in [9.17, 15) is 8.42 Å². The van der Waals surface area contributed by atoms with E-state index < -0.39 is 10.0 Å². The molecule has 1 aromatic rings. The van der Waals surface area contributed by atoms with Gasteiger partial charge in [-0.2, -0.15) is 4.31 Å². The molecule has 0 unspecified atom stereocenters. The lowest BCUT2D eigenvalue weighted by molar-refractivity contribution is 0.395. The molecule has 0 bridgehead atoms. The molecule has 4 nitrogen and oxygen atoms in total. The molecule has 0 saturated heterocycles. The summed E-state index contributed by atoms with van der Waals surface area (Å²) in [6.45, 7) is 8.65. The topological polar surface area (TPSA) is 46.6 Å². The van der Waals surface area contributed by atoms with E-state index in [0.29, 0.717) is 18.8 Å². The van der Waals surface area contributed by atoms with Crippen molar-refractivity contribution in [3.63, 3.8) is 0 Å². The Morgan fingerprint density at radius 2 is 1.79 bits per heavy atom. The Hall–Kier alpha value is -1.07. The van der Waals surface area contributed by atoms with Gasteiger partial charge in [0.1, 0.15) is 10.6 Å². The van der Waals surface area contributed by atoms with Crippen LogP contribution in [-0.4, -0.2) is 32.9 Å². The Balaban J connectivity index is 3.42. The van der Waals surface area contributed by atoms with E-state index in [4.69, 9.17) is 4.74 Å². The van der Waals surface area contributed by atoms with Gasteiger partial charge in [-0.3, -0.25) is 0 Å². The van der Waals surface area contributed by atoms with Gasteiger partial charge in [0.15, 0.2) is 0 Å². The van der Waals surface area contributed by atoms with Crippen molar-refractivity contribution in [2.45, 2.75) is 38.5 Å². The second-order valence-electron chi connectivity index (χ2n) is 4.65. The molecule has 108 valence electrons. The summed E-state index contributed by atoms with van der Waals surface area (Å²) in [6.07, 6.45) is 0. The summed E-state index contributed by atoms with van der Waals surface area (Å²) in [4.78, 5) is 0.255. The molecule has 0 amide bonds. The monoisotopic (exact) mass is 285 g/mol. The summed E-state index contributed by atoms with van der Waals surface area (Å²) in [5.74, 6) is 0.674. The van der Waals surface area contributed by atoms with Crippen LogP contribution < -0.4 is 4.74 Å². The number of rotatable bonds is 6. The van der Waals surface area contributed by atoms with E-state index in [0.717, 1.165) is 5.56 Å². The van der Waals surface area contributed by atoms with Gasteiger partial charge >= 0.3 is 0 Å². The van der Waals surface area contributed by atoms with Crippen molar-refractivity contribution in [2.75, 3.05) is 20.2 Å². The molecule has 0 N–H and O–H groups in total. The lowest BCUT2D eigenvalue weighted by Crippen LogP contribution is -2.31. The highest BCUT2D eigenvalue weighted by Gasteiger charge is 2.26. The molecule has 0 aliphatic rings. The van der Waals surface area contributed by atoms with E-state index >= 15 is 0 Å². The fourth-order valence-electron chi connectivity index (χ4n) is 1.96. The van der Waals surface area contributed by atoms with Crippen molar-refractivity contribution >= 4 is 10.0 Å². The second-order valence-corrected chi connectivity index (χ2v) is 6.56. The third-order valence-corrected chi connectivity index (χ3v) is 5.25. The fourth-order valence-corrected chi connectivity index (χ4v) is 3.61. The van der Waals surface area contributed by atoms with Crippen LogP contribution in [0.25, 0.3) is 0 Å². The van der Waals surface area contributed by atoms with Gasteiger partial charge in [-0.1, -0.05) is 33.8 Å². The first-order valence-electron chi connectivity index (χ1n) is 6.56. The number of hydrogen-bond acceptors (Lipinski definition) is 3. The Kier molecular flexibility index (Phi) is 5.38. The van der Waals surface area contributed by atoms with Crippen LogP contribution >= 0.6 is 0 Å². The minimum atomic E-state index is -3.49. The minimum absolute atomic E-state index is 0.255. The summed E-state index contributed by atoms with van der Waals surface area (Å²) in [7, 11) is -2.00. The highest BCUT2D eigenvalue weighted by atomic mass is 32.2. The summed E-state index contributed by atoms with van der Waals surface area (Å²) >= 11 is 0. The van der Waals surface area contributed by atoms with Gasteiger partial charge < -0.3 is 4.74 Å². The molecule has 0 aliphatic carbocycles.